The number of rotatable bonds is 1. The number of carbonyl (C=O) groups is 2. The van der Waals surface area contributed by atoms with Crippen molar-refractivity contribution >= 4 is 33.4 Å². The molecule has 0 spiro atoms. The molecule has 2 amide bonds. The molecular weight excluding hydrogens is 298 g/mol. The normalized spacial score (nSPS) is 16.1. The lowest BCUT2D eigenvalue weighted by atomic mass is 10.1. The number of benzene rings is 1. The summed E-state index contributed by atoms with van der Waals surface area (Å²) in [5.74, 6) is -0.148. The molecule has 0 aliphatic carbocycles. The van der Waals surface area contributed by atoms with Crippen molar-refractivity contribution in [2.24, 2.45) is 0 Å². The summed E-state index contributed by atoms with van der Waals surface area (Å²) in [6, 6.07) is 5.18. The maximum absolute atomic E-state index is 12.3. The van der Waals surface area contributed by atoms with Crippen molar-refractivity contribution in [3.8, 4) is 0 Å². The zero-order chi connectivity index (χ0) is 13.1. The molecule has 1 aromatic carbocycles. The van der Waals surface area contributed by atoms with Gasteiger partial charge in [-0.25, -0.2) is 0 Å². The Labute approximate surface area is 113 Å². The van der Waals surface area contributed by atoms with Gasteiger partial charge in [-0.2, -0.15) is 0 Å². The first-order valence-electron chi connectivity index (χ1n) is 5.69. The van der Waals surface area contributed by atoms with Gasteiger partial charge in [0.05, 0.1) is 5.56 Å². The highest BCUT2D eigenvalue weighted by atomic mass is 79.9. The minimum atomic E-state index is -0.128. The monoisotopic (exact) mass is 311 g/mol. The third kappa shape index (κ3) is 2.81. The van der Waals surface area contributed by atoms with E-state index in [4.69, 9.17) is 5.73 Å². The molecule has 1 aliphatic rings. The lowest BCUT2D eigenvalue weighted by Crippen LogP contribution is -2.34. The van der Waals surface area contributed by atoms with E-state index in [0.29, 0.717) is 37.3 Å². The Kier molecular flexibility index (Phi) is 3.86. The summed E-state index contributed by atoms with van der Waals surface area (Å²) in [7, 11) is 0. The quantitative estimate of drug-likeness (QED) is 0.760. The molecule has 0 atom stereocenters. The fourth-order valence-corrected chi connectivity index (χ4v) is 2.25. The highest BCUT2D eigenvalue weighted by Crippen LogP contribution is 2.20. The molecule has 1 saturated heterocycles. The molecule has 1 aromatic rings. The van der Waals surface area contributed by atoms with E-state index in [1.165, 1.54) is 0 Å². The topological polar surface area (TPSA) is 75.4 Å². The van der Waals surface area contributed by atoms with Crippen molar-refractivity contribution in [2.75, 3.05) is 25.4 Å². The van der Waals surface area contributed by atoms with Crippen LogP contribution in [0.15, 0.2) is 22.7 Å². The standard InChI is InChI=1S/C12H14BrN3O2/c13-8-1-2-9(10(14)7-8)12(18)16-5-3-11(17)15-4-6-16/h1-2,7H,3-6,14H2,(H,15,17). The molecule has 3 N–H and O–H groups in total. The Morgan fingerprint density at radius 2 is 2.17 bits per heavy atom. The third-order valence-electron chi connectivity index (χ3n) is 2.84. The fourth-order valence-electron chi connectivity index (χ4n) is 1.87. The molecule has 1 fully saturated rings. The van der Waals surface area contributed by atoms with E-state index in [9.17, 15) is 9.59 Å². The second kappa shape index (κ2) is 5.39. The second-order valence-corrected chi connectivity index (χ2v) is 5.04. The van der Waals surface area contributed by atoms with Crippen LogP contribution in [-0.4, -0.2) is 36.3 Å². The fraction of sp³-hybridized carbons (Fsp3) is 0.333. The molecule has 0 saturated carbocycles. The number of nitrogens with zero attached hydrogens (tertiary/aromatic N) is 1. The average Bonchev–Trinajstić information content (AvgIpc) is 2.53. The van der Waals surface area contributed by atoms with E-state index in [1.54, 1.807) is 23.1 Å². The molecule has 0 unspecified atom stereocenters. The summed E-state index contributed by atoms with van der Waals surface area (Å²) >= 11 is 3.30. The Hall–Kier alpha value is -1.56. The SMILES string of the molecule is Nc1cc(Br)ccc1C(=O)N1CCNC(=O)CC1. The Balaban J connectivity index is 2.17. The van der Waals surface area contributed by atoms with Crippen LogP contribution < -0.4 is 11.1 Å². The molecule has 1 aliphatic heterocycles. The first kappa shape index (κ1) is 12.9. The number of nitrogens with one attached hydrogen (secondary N) is 1. The van der Waals surface area contributed by atoms with Crippen molar-refractivity contribution in [2.45, 2.75) is 6.42 Å². The average molecular weight is 312 g/mol. The van der Waals surface area contributed by atoms with Gasteiger partial charge < -0.3 is 16.0 Å². The predicted octanol–water partition coefficient (Wildman–Crippen LogP) is 0.993. The minimum Gasteiger partial charge on any atom is -0.398 e. The third-order valence-corrected chi connectivity index (χ3v) is 3.34. The van der Waals surface area contributed by atoms with Gasteiger partial charge in [0.1, 0.15) is 0 Å². The zero-order valence-corrected chi connectivity index (χ0v) is 11.4. The van der Waals surface area contributed by atoms with Gasteiger partial charge in [-0.15, -0.1) is 0 Å². The number of carbonyl (C=O) groups excluding carboxylic acids is 2. The molecule has 0 radical (unpaired) electrons. The van der Waals surface area contributed by atoms with Crippen LogP contribution in [-0.2, 0) is 4.79 Å². The molecule has 5 nitrogen and oxygen atoms in total. The van der Waals surface area contributed by atoms with Crippen LogP contribution in [0.3, 0.4) is 0 Å². The zero-order valence-electron chi connectivity index (χ0n) is 9.78. The number of hydrogen-bond acceptors (Lipinski definition) is 3. The number of hydrogen-bond donors (Lipinski definition) is 2. The van der Waals surface area contributed by atoms with Crippen LogP contribution in [0.4, 0.5) is 5.69 Å². The summed E-state index contributed by atoms with van der Waals surface area (Å²) in [5, 5.41) is 2.73. The number of anilines is 1. The van der Waals surface area contributed by atoms with E-state index in [-0.39, 0.29) is 11.8 Å². The van der Waals surface area contributed by atoms with Crippen molar-refractivity contribution in [1.29, 1.82) is 0 Å². The Morgan fingerprint density at radius 1 is 1.39 bits per heavy atom. The van der Waals surface area contributed by atoms with Crippen LogP contribution in [0, 0.1) is 0 Å². The van der Waals surface area contributed by atoms with Crippen molar-refractivity contribution in [3.63, 3.8) is 0 Å². The lowest BCUT2D eigenvalue weighted by Gasteiger charge is -2.20. The van der Waals surface area contributed by atoms with Crippen LogP contribution in [0.2, 0.25) is 0 Å². The summed E-state index contributed by atoms with van der Waals surface area (Å²) in [5.41, 5.74) is 6.76. The Bertz CT molecular complexity index is 490. The highest BCUT2D eigenvalue weighted by Gasteiger charge is 2.21. The van der Waals surface area contributed by atoms with Crippen LogP contribution >= 0.6 is 15.9 Å². The van der Waals surface area contributed by atoms with Gasteiger partial charge >= 0.3 is 0 Å². The van der Waals surface area contributed by atoms with E-state index in [1.807, 2.05) is 0 Å². The van der Waals surface area contributed by atoms with E-state index < -0.39 is 0 Å². The Morgan fingerprint density at radius 3 is 2.89 bits per heavy atom. The second-order valence-electron chi connectivity index (χ2n) is 4.12. The lowest BCUT2D eigenvalue weighted by molar-refractivity contribution is -0.120. The first-order chi connectivity index (χ1) is 8.58. The van der Waals surface area contributed by atoms with E-state index in [0.717, 1.165) is 4.47 Å². The van der Waals surface area contributed by atoms with Gasteiger partial charge in [-0.3, -0.25) is 9.59 Å². The van der Waals surface area contributed by atoms with Gasteiger partial charge in [0.25, 0.3) is 5.91 Å². The van der Waals surface area contributed by atoms with Gasteiger partial charge in [-0.1, -0.05) is 15.9 Å². The predicted molar refractivity (Wildman–Crippen MR) is 72.1 cm³/mol. The summed E-state index contributed by atoms with van der Waals surface area (Å²) in [6.07, 6.45) is 0.335. The van der Waals surface area contributed by atoms with E-state index in [2.05, 4.69) is 21.2 Å². The van der Waals surface area contributed by atoms with Crippen molar-refractivity contribution < 1.29 is 9.59 Å². The molecule has 1 heterocycles. The van der Waals surface area contributed by atoms with Crippen LogP contribution in [0.5, 0.6) is 0 Å². The maximum Gasteiger partial charge on any atom is 0.256 e. The smallest absolute Gasteiger partial charge is 0.256 e. The van der Waals surface area contributed by atoms with Gasteiger partial charge in [0.2, 0.25) is 5.91 Å². The molecule has 2 rings (SSSR count). The number of nitrogens with two attached hydrogens (primary N) is 1. The van der Waals surface area contributed by atoms with Gasteiger partial charge in [0, 0.05) is 36.2 Å². The van der Waals surface area contributed by atoms with Crippen LogP contribution in [0.25, 0.3) is 0 Å². The van der Waals surface area contributed by atoms with Gasteiger partial charge in [0.15, 0.2) is 0 Å². The molecule has 0 bridgehead atoms. The van der Waals surface area contributed by atoms with Crippen LogP contribution in [0.1, 0.15) is 16.8 Å². The summed E-state index contributed by atoms with van der Waals surface area (Å²) in [4.78, 5) is 25.2. The van der Waals surface area contributed by atoms with Crippen molar-refractivity contribution in [3.05, 3.63) is 28.2 Å². The molecule has 96 valence electrons. The number of halogens is 1. The largest absolute Gasteiger partial charge is 0.398 e. The number of nitrogen functional groups attached to an aromatic ring is 1. The highest BCUT2D eigenvalue weighted by molar-refractivity contribution is 9.10. The van der Waals surface area contributed by atoms with Gasteiger partial charge in [-0.05, 0) is 18.2 Å². The molecular formula is C12H14BrN3O2. The minimum absolute atomic E-state index is 0.0194. The molecule has 0 aromatic heterocycles. The number of amides is 2. The molecule has 6 heteroatoms. The molecule has 18 heavy (non-hydrogen) atoms. The summed E-state index contributed by atoms with van der Waals surface area (Å²) in [6.45, 7) is 1.43. The maximum atomic E-state index is 12.3. The summed E-state index contributed by atoms with van der Waals surface area (Å²) < 4.78 is 0.837. The van der Waals surface area contributed by atoms with E-state index >= 15 is 0 Å². The van der Waals surface area contributed by atoms with Crippen molar-refractivity contribution in [1.82, 2.24) is 10.2 Å². The first-order valence-corrected chi connectivity index (χ1v) is 6.48.